The monoisotopic (exact) mass is 309 g/mol. The molecule has 2 aliphatic rings. The first-order valence-electron chi connectivity index (χ1n) is 7.49. The fourth-order valence-electron chi connectivity index (χ4n) is 3.61. The van der Waals surface area contributed by atoms with Crippen LogP contribution in [-0.2, 0) is 6.54 Å². The Morgan fingerprint density at radius 2 is 2.05 bits per heavy atom. The summed E-state index contributed by atoms with van der Waals surface area (Å²) in [6.45, 7) is 5.60. The van der Waals surface area contributed by atoms with Crippen LogP contribution in [0.5, 0.6) is 0 Å². The van der Waals surface area contributed by atoms with E-state index in [9.17, 15) is 4.79 Å². The van der Waals surface area contributed by atoms with Crippen LogP contribution in [-0.4, -0.2) is 37.0 Å². The third kappa shape index (κ3) is 3.76. The quantitative estimate of drug-likeness (QED) is 0.895. The molecule has 2 heterocycles. The van der Waals surface area contributed by atoms with Gasteiger partial charge in [-0.15, -0.1) is 12.4 Å². The summed E-state index contributed by atoms with van der Waals surface area (Å²) in [5, 5.41) is 3.45. The van der Waals surface area contributed by atoms with Gasteiger partial charge in [-0.2, -0.15) is 0 Å². The summed E-state index contributed by atoms with van der Waals surface area (Å²) in [5.74, 6) is -0.344. The van der Waals surface area contributed by atoms with E-state index < -0.39 is 0 Å². The summed E-state index contributed by atoms with van der Waals surface area (Å²) in [4.78, 5) is 13.8. The number of hydrogen-bond acceptors (Lipinski definition) is 3. The molecular weight excluding hydrogens is 286 g/mol. The van der Waals surface area contributed by atoms with Crippen molar-refractivity contribution < 1.29 is 4.79 Å². The fourth-order valence-corrected chi connectivity index (χ4v) is 3.61. The largest absolute Gasteiger partial charge is 0.366 e. The number of hydrogen-bond donors (Lipinski definition) is 2. The Kier molecular flexibility index (Phi) is 5.25. The number of carbonyl (C=O) groups is 1. The van der Waals surface area contributed by atoms with Crippen molar-refractivity contribution in [2.75, 3.05) is 26.2 Å². The molecule has 0 atom stereocenters. The zero-order chi connectivity index (χ0) is 14.0. The molecule has 0 bridgehead atoms. The average molecular weight is 310 g/mol. The van der Waals surface area contributed by atoms with Crippen LogP contribution in [0.2, 0.25) is 0 Å². The van der Waals surface area contributed by atoms with Crippen molar-refractivity contribution in [3.8, 4) is 0 Å². The zero-order valence-corrected chi connectivity index (χ0v) is 13.1. The highest BCUT2D eigenvalue weighted by molar-refractivity contribution is 5.92. The average Bonchev–Trinajstić information content (AvgIpc) is 2.82. The van der Waals surface area contributed by atoms with Gasteiger partial charge >= 0.3 is 0 Å². The molecule has 1 aromatic rings. The van der Waals surface area contributed by atoms with Crippen molar-refractivity contribution in [3.05, 3.63) is 35.4 Å². The summed E-state index contributed by atoms with van der Waals surface area (Å²) in [5.41, 5.74) is 7.67. The van der Waals surface area contributed by atoms with Crippen LogP contribution < -0.4 is 11.1 Å². The van der Waals surface area contributed by atoms with Crippen molar-refractivity contribution in [1.29, 1.82) is 0 Å². The smallest absolute Gasteiger partial charge is 0.248 e. The number of nitrogens with one attached hydrogen (secondary N) is 1. The molecule has 4 nitrogen and oxygen atoms in total. The molecule has 21 heavy (non-hydrogen) atoms. The lowest BCUT2D eigenvalue weighted by Gasteiger charge is -2.34. The second-order valence-corrected chi connectivity index (χ2v) is 6.28. The summed E-state index contributed by atoms with van der Waals surface area (Å²) >= 11 is 0. The normalized spacial score (nSPS) is 21.1. The van der Waals surface area contributed by atoms with Crippen molar-refractivity contribution in [1.82, 2.24) is 10.2 Å². The number of amides is 1. The molecule has 0 unspecified atom stereocenters. The minimum atomic E-state index is -0.344. The molecule has 116 valence electrons. The minimum Gasteiger partial charge on any atom is -0.366 e. The van der Waals surface area contributed by atoms with E-state index in [2.05, 4.69) is 16.3 Å². The Morgan fingerprint density at radius 1 is 1.29 bits per heavy atom. The maximum atomic E-state index is 11.2. The van der Waals surface area contributed by atoms with Gasteiger partial charge in [-0.3, -0.25) is 9.69 Å². The molecule has 0 radical (unpaired) electrons. The van der Waals surface area contributed by atoms with Gasteiger partial charge in [0, 0.05) is 18.7 Å². The van der Waals surface area contributed by atoms with E-state index in [0.29, 0.717) is 11.0 Å². The first-order chi connectivity index (χ1) is 9.67. The van der Waals surface area contributed by atoms with Crippen LogP contribution in [0.4, 0.5) is 0 Å². The molecular formula is C16H24ClN3O. The van der Waals surface area contributed by atoms with Crippen molar-refractivity contribution in [2.45, 2.75) is 25.8 Å². The van der Waals surface area contributed by atoms with Crippen LogP contribution in [0.1, 0.15) is 35.2 Å². The van der Waals surface area contributed by atoms with Crippen LogP contribution in [0, 0.1) is 5.41 Å². The van der Waals surface area contributed by atoms with Crippen molar-refractivity contribution in [3.63, 3.8) is 0 Å². The number of carbonyl (C=O) groups excluding carboxylic acids is 1. The highest BCUT2D eigenvalue weighted by Crippen LogP contribution is 2.38. The number of primary amides is 1. The van der Waals surface area contributed by atoms with Crippen LogP contribution in [0.25, 0.3) is 0 Å². The Hall–Kier alpha value is -1.10. The van der Waals surface area contributed by atoms with E-state index in [1.165, 1.54) is 37.9 Å². The highest BCUT2D eigenvalue weighted by Gasteiger charge is 2.38. The molecule has 1 spiro atoms. The van der Waals surface area contributed by atoms with E-state index in [0.717, 1.165) is 19.6 Å². The third-order valence-electron chi connectivity index (χ3n) is 4.80. The number of likely N-dealkylation sites (tertiary alicyclic amines) is 1. The second-order valence-electron chi connectivity index (χ2n) is 6.28. The third-order valence-corrected chi connectivity index (χ3v) is 4.80. The number of rotatable bonds is 3. The summed E-state index contributed by atoms with van der Waals surface area (Å²) in [6, 6.07) is 7.71. The number of benzene rings is 1. The van der Waals surface area contributed by atoms with E-state index in [-0.39, 0.29) is 18.3 Å². The zero-order valence-electron chi connectivity index (χ0n) is 12.3. The minimum absolute atomic E-state index is 0. The highest BCUT2D eigenvalue weighted by atomic mass is 35.5. The summed E-state index contributed by atoms with van der Waals surface area (Å²) in [6.07, 6.45) is 3.90. The van der Waals surface area contributed by atoms with Gasteiger partial charge in [0.05, 0.1) is 0 Å². The molecule has 1 amide bonds. The van der Waals surface area contributed by atoms with Crippen molar-refractivity contribution >= 4 is 18.3 Å². The predicted octanol–water partition coefficient (Wildman–Crippen LogP) is 1.78. The first-order valence-corrected chi connectivity index (χ1v) is 7.49. The second kappa shape index (κ2) is 6.77. The number of nitrogens with two attached hydrogens (primary N) is 1. The first kappa shape index (κ1) is 16.3. The van der Waals surface area contributed by atoms with Gasteiger partial charge in [0.2, 0.25) is 5.91 Å². The van der Waals surface area contributed by atoms with Gasteiger partial charge in [-0.1, -0.05) is 12.1 Å². The van der Waals surface area contributed by atoms with E-state index >= 15 is 0 Å². The van der Waals surface area contributed by atoms with Gasteiger partial charge in [-0.05, 0) is 62.0 Å². The van der Waals surface area contributed by atoms with Gasteiger partial charge in [0.25, 0.3) is 0 Å². The van der Waals surface area contributed by atoms with Crippen LogP contribution in [0.15, 0.2) is 24.3 Å². The number of halogens is 1. The molecule has 2 fully saturated rings. The van der Waals surface area contributed by atoms with E-state index in [1.54, 1.807) is 6.07 Å². The SMILES string of the molecule is Cl.NC(=O)c1cccc(CN2CCC3(CCNCC3)C2)c1. The van der Waals surface area contributed by atoms with Crippen LogP contribution in [0.3, 0.4) is 0 Å². The number of piperidine rings is 1. The maximum absolute atomic E-state index is 11.2. The standard InChI is InChI=1S/C16H23N3O.ClH/c17-15(20)14-3-1-2-13(10-14)11-19-9-6-16(12-19)4-7-18-8-5-16;/h1-3,10,18H,4-9,11-12H2,(H2,17,20);1H. The molecule has 3 N–H and O–H groups in total. The Balaban J connectivity index is 0.00000161. The topological polar surface area (TPSA) is 58.4 Å². The predicted molar refractivity (Wildman–Crippen MR) is 86.6 cm³/mol. The van der Waals surface area contributed by atoms with E-state index in [4.69, 9.17) is 5.73 Å². The molecule has 0 aliphatic carbocycles. The lowest BCUT2D eigenvalue weighted by molar-refractivity contribution is 0.1000. The van der Waals surface area contributed by atoms with Gasteiger partial charge in [-0.25, -0.2) is 0 Å². The lowest BCUT2D eigenvalue weighted by Crippen LogP contribution is -2.38. The molecule has 5 heteroatoms. The summed E-state index contributed by atoms with van der Waals surface area (Å²) < 4.78 is 0. The Labute approximate surface area is 132 Å². The summed E-state index contributed by atoms with van der Waals surface area (Å²) in [7, 11) is 0. The van der Waals surface area contributed by atoms with Gasteiger partial charge in [0.1, 0.15) is 0 Å². The van der Waals surface area contributed by atoms with Gasteiger partial charge in [0.15, 0.2) is 0 Å². The van der Waals surface area contributed by atoms with Crippen LogP contribution >= 0.6 is 12.4 Å². The molecule has 0 aromatic heterocycles. The lowest BCUT2D eigenvalue weighted by atomic mass is 9.78. The molecule has 2 aliphatic heterocycles. The molecule has 0 saturated carbocycles. The Morgan fingerprint density at radius 3 is 2.76 bits per heavy atom. The molecule has 2 saturated heterocycles. The van der Waals surface area contributed by atoms with E-state index in [1.807, 2.05) is 12.1 Å². The van der Waals surface area contributed by atoms with Crippen molar-refractivity contribution in [2.24, 2.45) is 11.1 Å². The molecule has 1 aromatic carbocycles. The number of nitrogens with zero attached hydrogens (tertiary/aromatic N) is 1. The fraction of sp³-hybridized carbons (Fsp3) is 0.562. The Bertz CT molecular complexity index is 500. The molecule has 3 rings (SSSR count). The maximum Gasteiger partial charge on any atom is 0.248 e. The van der Waals surface area contributed by atoms with Gasteiger partial charge < -0.3 is 11.1 Å².